The van der Waals surface area contributed by atoms with E-state index >= 15 is 0 Å². The van der Waals surface area contributed by atoms with Gasteiger partial charge in [0.2, 0.25) is 6.54 Å². The van der Waals surface area contributed by atoms with Crippen molar-refractivity contribution in [3.63, 3.8) is 0 Å². The number of aromatic nitrogens is 2. The smallest absolute Gasteiger partial charge is 0.318 e. The minimum absolute atomic E-state index is 0.0278. The Labute approximate surface area is 270 Å². The van der Waals surface area contributed by atoms with Crippen molar-refractivity contribution < 1.29 is 23.0 Å². The summed E-state index contributed by atoms with van der Waals surface area (Å²) in [5, 5.41) is 1.58. The van der Waals surface area contributed by atoms with Crippen LogP contribution in [0.3, 0.4) is 0 Å². The van der Waals surface area contributed by atoms with E-state index in [1.165, 1.54) is 11.0 Å². The molecule has 0 radical (unpaired) electrons. The number of amides is 1. The van der Waals surface area contributed by atoms with Crippen LogP contribution in [0.4, 0.5) is 20.3 Å². The monoisotopic (exact) mass is 649 g/mol. The Morgan fingerprint density at radius 3 is 2.80 bits per heavy atom. The number of nitrogens with zero attached hydrogens (tertiary/aromatic N) is 7. The zero-order valence-corrected chi connectivity index (χ0v) is 26.1. The van der Waals surface area contributed by atoms with Crippen LogP contribution in [0.5, 0.6) is 6.01 Å². The van der Waals surface area contributed by atoms with Crippen LogP contribution < -0.4 is 14.5 Å². The summed E-state index contributed by atoms with van der Waals surface area (Å²) in [6, 6.07) is 9.02. The maximum Gasteiger partial charge on any atom is 0.318 e. The van der Waals surface area contributed by atoms with E-state index in [1.807, 2.05) is 23.1 Å². The van der Waals surface area contributed by atoms with E-state index in [0.29, 0.717) is 62.6 Å². The second-order valence-corrected chi connectivity index (χ2v) is 12.6. The molecule has 1 unspecified atom stereocenters. The first-order valence-corrected chi connectivity index (χ1v) is 15.9. The molecule has 10 nitrogen and oxygen atoms in total. The molecule has 4 aliphatic heterocycles. The van der Waals surface area contributed by atoms with E-state index in [4.69, 9.17) is 37.6 Å². The number of fused-ring (bicyclic) bond motifs is 4. The van der Waals surface area contributed by atoms with Gasteiger partial charge in [0.1, 0.15) is 24.3 Å². The van der Waals surface area contributed by atoms with Gasteiger partial charge in [-0.15, -0.1) is 0 Å². The molecule has 3 fully saturated rings. The molecular weight excluding hydrogens is 616 g/mol. The van der Waals surface area contributed by atoms with Gasteiger partial charge in [-0.3, -0.25) is 9.69 Å². The highest BCUT2D eigenvalue weighted by Crippen LogP contribution is 2.38. The maximum absolute atomic E-state index is 14.6. The lowest BCUT2D eigenvalue weighted by Crippen LogP contribution is -2.57. The number of morpholine rings is 1. The first kappa shape index (κ1) is 30.6. The summed E-state index contributed by atoms with van der Waals surface area (Å²) < 4.78 is 40.3. The molecule has 4 aliphatic rings. The number of piperazine rings is 1. The number of benzene rings is 2. The highest BCUT2D eigenvalue weighted by Gasteiger charge is 2.39. The van der Waals surface area contributed by atoms with Crippen molar-refractivity contribution in [3.8, 4) is 6.01 Å². The van der Waals surface area contributed by atoms with Gasteiger partial charge >= 0.3 is 6.01 Å². The summed E-state index contributed by atoms with van der Waals surface area (Å²) >= 11 is 6.49. The summed E-state index contributed by atoms with van der Waals surface area (Å²) in [4.78, 5) is 33.8. The van der Waals surface area contributed by atoms with Crippen LogP contribution in [0, 0.1) is 12.4 Å². The van der Waals surface area contributed by atoms with Gasteiger partial charge in [0.15, 0.2) is 5.83 Å². The summed E-state index contributed by atoms with van der Waals surface area (Å²) in [6.07, 6.45) is 1.94. The van der Waals surface area contributed by atoms with Crippen LogP contribution in [0.2, 0.25) is 5.02 Å². The first-order valence-electron chi connectivity index (χ1n) is 15.5. The molecule has 13 heteroatoms. The summed E-state index contributed by atoms with van der Waals surface area (Å²) in [5.74, 6) is -1.61. The molecule has 0 aliphatic carbocycles. The van der Waals surface area contributed by atoms with Crippen molar-refractivity contribution in [2.45, 2.75) is 37.6 Å². The minimum atomic E-state index is -1.04. The predicted octanol–water partition coefficient (Wildman–Crippen LogP) is 4.26. The molecule has 7 rings (SSSR count). The average molecular weight is 650 g/mol. The van der Waals surface area contributed by atoms with Gasteiger partial charge in [-0.05, 0) is 30.4 Å². The Balaban J connectivity index is 1.19. The first-order chi connectivity index (χ1) is 22.3. The van der Waals surface area contributed by atoms with Crippen LogP contribution >= 0.6 is 11.6 Å². The van der Waals surface area contributed by atoms with E-state index in [1.54, 1.807) is 6.07 Å². The Kier molecular flexibility index (Phi) is 8.40. The molecule has 46 heavy (non-hydrogen) atoms. The lowest BCUT2D eigenvalue weighted by Gasteiger charge is -2.41. The molecular formula is C33H34ClF2N7O3. The average Bonchev–Trinajstić information content (AvgIpc) is 3.69. The van der Waals surface area contributed by atoms with E-state index < -0.39 is 23.6 Å². The number of likely N-dealkylation sites (tertiary alicyclic amines) is 1. The third kappa shape index (κ3) is 5.72. The van der Waals surface area contributed by atoms with E-state index in [-0.39, 0.29) is 24.1 Å². The predicted molar refractivity (Wildman–Crippen MR) is 170 cm³/mol. The number of anilines is 2. The van der Waals surface area contributed by atoms with Gasteiger partial charge in [0, 0.05) is 61.9 Å². The standard InChI is InChI=1S/C33H34ClF2N7O3/c1-20(35)32(44)43-11-10-42(16-23(43)15-37-2)31-25-8-9-41(28-5-3-4-21-6-7-26(36)30(34)29(21)28)18-27(25)38-33(39-31)45-13-12-40-17-24-14-22(40)19-46-24/h3-7,22-24H,1,8-19H2/t22-,23-,24?/m0/s1. The summed E-state index contributed by atoms with van der Waals surface area (Å²) in [6.45, 7) is 15.4. The number of carbonyl (C=O) groups is 1. The number of carbonyl (C=O) groups excluding carboxylic acids is 1. The number of rotatable bonds is 8. The minimum Gasteiger partial charge on any atom is -0.462 e. The number of halogens is 3. The fourth-order valence-corrected chi connectivity index (χ4v) is 7.48. The van der Waals surface area contributed by atoms with Crippen LogP contribution in [0.15, 0.2) is 42.7 Å². The molecule has 0 N–H and O–H groups in total. The SMILES string of the molecule is [C-]#[N+]C[C@H]1CN(c2nc(OCCN3CC4C[C@H]3CO4)nc3c2CCN(c2cccc4ccc(F)c(Cl)c24)C3)CCN1C(=O)C(=C)F. The quantitative estimate of drug-likeness (QED) is 0.265. The van der Waals surface area contributed by atoms with E-state index in [9.17, 15) is 13.6 Å². The van der Waals surface area contributed by atoms with Gasteiger partial charge in [0.05, 0.1) is 30.0 Å². The lowest BCUT2D eigenvalue weighted by atomic mass is 10.0. The number of ether oxygens (including phenoxy) is 2. The zero-order chi connectivity index (χ0) is 31.9. The fourth-order valence-electron chi connectivity index (χ4n) is 7.21. The van der Waals surface area contributed by atoms with Gasteiger partial charge < -0.3 is 29.0 Å². The van der Waals surface area contributed by atoms with E-state index in [0.717, 1.165) is 48.4 Å². The Hall–Kier alpha value is -4.05. The van der Waals surface area contributed by atoms with Gasteiger partial charge in [0.25, 0.3) is 5.91 Å². The van der Waals surface area contributed by atoms with Crippen LogP contribution in [0.1, 0.15) is 17.7 Å². The third-order valence-electron chi connectivity index (χ3n) is 9.48. The molecule has 2 aromatic carbocycles. The lowest BCUT2D eigenvalue weighted by molar-refractivity contribution is -0.131. The normalized spacial score (nSPS) is 22.7. The van der Waals surface area contributed by atoms with Crippen molar-refractivity contribution in [1.29, 1.82) is 0 Å². The fraction of sp³-hybridized carbons (Fsp3) is 0.455. The van der Waals surface area contributed by atoms with Crippen molar-refractivity contribution >= 4 is 39.8 Å². The van der Waals surface area contributed by atoms with Crippen LogP contribution in [-0.2, 0) is 22.5 Å². The second kappa shape index (κ2) is 12.6. The Morgan fingerprint density at radius 2 is 2.04 bits per heavy atom. The molecule has 1 amide bonds. The molecule has 2 bridgehead atoms. The number of hydrogen-bond acceptors (Lipinski definition) is 8. The Morgan fingerprint density at radius 1 is 1.17 bits per heavy atom. The molecule has 3 aromatic rings. The molecule has 0 spiro atoms. The largest absolute Gasteiger partial charge is 0.462 e. The van der Waals surface area contributed by atoms with Crippen LogP contribution in [-0.4, -0.2) is 103 Å². The zero-order valence-electron chi connectivity index (χ0n) is 25.3. The van der Waals surface area contributed by atoms with Crippen molar-refractivity contribution in [1.82, 2.24) is 19.8 Å². The van der Waals surface area contributed by atoms with Crippen molar-refractivity contribution in [3.05, 3.63) is 76.3 Å². The molecule has 1 aromatic heterocycles. The summed E-state index contributed by atoms with van der Waals surface area (Å²) in [5.41, 5.74) is 2.55. The van der Waals surface area contributed by atoms with E-state index in [2.05, 4.69) is 21.2 Å². The molecule has 240 valence electrons. The van der Waals surface area contributed by atoms with Gasteiger partial charge in [-0.2, -0.15) is 9.97 Å². The topological polar surface area (TPSA) is 78.6 Å². The molecule has 5 heterocycles. The molecule has 3 atom stereocenters. The second-order valence-electron chi connectivity index (χ2n) is 12.2. The van der Waals surface area contributed by atoms with Crippen molar-refractivity contribution in [2.24, 2.45) is 0 Å². The number of hydrogen-bond donors (Lipinski definition) is 0. The van der Waals surface area contributed by atoms with Gasteiger partial charge in [-0.25, -0.2) is 15.4 Å². The molecule has 0 saturated carbocycles. The highest BCUT2D eigenvalue weighted by atomic mass is 35.5. The summed E-state index contributed by atoms with van der Waals surface area (Å²) in [7, 11) is 0. The highest BCUT2D eigenvalue weighted by molar-refractivity contribution is 6.36. The molecule has 3 saturated heterocycles. The van der Waals surface area contributed by atoms with Gasteiger partial charge in [-0.1, -0.05) is 36.4 Å². The third-order valence-corrected chi connectivity index (χ3v) is 9.85. The maximum atomic E-state index is 14.6. The van der Waals surface area contributed by atoms with Crippen molar-refractivity contribution in [2.75, 3.05) is 68.8 Å². The Bertz CT molecular complexity index is 1740. The van der Waals surface area contributed by atoms with Crippen LogP contribution in [0.25, 0.3) is 15.6 Å².